The van der Waals surface area contributed by atoms with Crippen LogP contribution in [-0.2, 0) is 6.54 Å². The number of carbonyl (C=O) groups is 1. The summed E-state index contributed by atoms with van der Waals surface area (Å²) < 4.78 is 0. The summed E-state index contributed by atoms with van der Waals surface area (Å²) in [5.41, 5.74) is 6.80. The Morgan fingerprint density at radius 3 is 2.45 bits per heavy atom. The lowest BCUT2D eigenvalue weighted by Crippen LogP contribution is -2.26. The third kappa shape index (κ3) is 2.83. The van der Waals surface area contributed by atoms with E-state index in [4.69, 9.17) is 5.73 Å². The van der Waals surface area contributed by atoms with Crippen molar-refractivity contribution in [3.05, 3.63) is 53.6 Å². The molecule has 0 heterocycles. The van der Waals surface area contributed by atoms with E-state index in [1.807, 2.05) is 0 Å². The van der Waals surface area contributed by atoms with E-state index in [1.54, 1.807) is 37.4 Å². The normalized spacial score (nSPS) is 10.2. The topological polar surface area (TPSA) is 86.8 Å². The van der Waals surface area contributed by atoms with Crippen molar-refractivity contribution < 1.29 is 15.0 Å². The van der Waals surface area contributed by atoms with Crippen LogP contribution in [0.4, 0.5) is 5.69 Å². The summed E-state index contributed by atoms with van der Waals surface area (Å²) in [6.45, 7) is 0.368. The fourth-order valence-electron chi connectivity index (χ4n) is 1.89. The van der Waals surface area contributed by atoms with Gasteiger partial charge in [-0.2, -0.15) is 0 Å². The van der Waals surface area contributed by atoms with Crippen LogP contribution in [0.15, 0.2) is 42.5 Å². The Hall–Kier alpha value is -2.69. The molecule has 0 aliphatic heterocycles. The van der Waals surface area contributed by atoms with Gasteiger partial charge < -0.3 is 20.8 Å². The van der Waals surface area contributed by atoms with E-state index < -0.39 is 0 Å². The lowest BCUT2D eigenvalue weighted by Gasteiger charge is -2.18. The van der Waals surface area contributed by atoms with E-state index in [2.05, 4.69) is 0 Å². The molecule has 0 aromatic heterocycles. The summed E-state index contributed by atoms with van der Waals surface area (Å²) in [5, 5.41) is 19.0. The number of carbonyl (C=O) groups excluding carboxylic acids is 1. The second kappa shape index (κ2) is 5.52. The Morgan fingerprint density at radius 1 is 1.15 bits per heavy atom. The van der Waals surface area contributed by atoms with Crippen LogP contribution in [0.25, 0.3) is 0 Å². The number of phenols is 2. The number of para-hydroxylation sites is 1. The van der Waals surface area contributed by atoms with E-state index in [0.29, 0.717) is 6.54 Å². The standard InChI is InChI=1S/C15H16N2O3/c1-17(9-10-5-7-11(18)8-6-10)15(20)12-3-2-4-13(16)14(12)19/h2-8,18-19H,9,16H2,1H3. The number of nitrogen functional groups attached to an aromatic ring is 1. The molecule has 5 nitrogen and oxygen atoms in total. The van der Waals surface area contributed by atoms with Crippen LogP contribution in [-0.4, -0.2) is 28.1 Å². The van der Waals surface area contributed by atoms with Gasteiger partial charge in [-0.1, -0.05) is 18.2 Å². The quantitative estimate of drug-likeness (QED) is 0.588. The first-order valence-corrected chi connectivity index (χ1v) is 6.10. The van der Waals surface area contributed by atoms with Gasteiger partial charge in [0, 0.05) is 13.6 Å². The minimum Gasteiger partial charge on any atom is -0.508 e. The molecule has 0 spiro atoms. The Morgan fingerprint density at radius 2 is 1.80 bits per heavy atom. The number of anilines is 1. The molecule has 0 atom stereocenters. The lowest BCUT2D eigenvalue weighted by molar-refractivity contribution is 0.0782. The van der Waals surface area contributed by atoms with Crippen molar-refractivity contribution in [3.63, 3.8) is 0 Å². The average molecular weight is 272 g/mol. The molecule has 2 rings (SSSR count). The van der Waals surface area contributed by atoms with Crippen LogP contribution in [0.5, 0.6) is 11.5 Å². The number of hydrogen-bond donors (Lipinski definition) is 3. The van der Waals surface area contributed by atoms with Crippen molar-refractivity contribution in [2.24, 2.45) is 0 Å². The van der Waals surface area contributed by atoms with E-state index in [0.717, 1.165) is 5.56 Å². The largest absolute Gasteiger partial charge is 0.508 e. The number of hydrogen-bond acceptors (Lipinski definition) is 4. The van der Waals surface area contributed by atoms with Crippen LogP contribution in [0, 0.1) is 0 Å². The molecule has 104 valence electrons. The van der Waals surface area contributed by atoms with Gasteiger partial charge >= 0.3 is 0 Å². The molecule has 0 bridgehead atoms. The molecule has 0 fully saturated rings. The van der Waals surface area contributed by atoms with Crippen LogP contribution in [0.2, 0.25) is 0 Å². The zero-order valence-corrected chi connectivity index (χ0v) is 11.1. The smallest absolute Gasteiger partial charge is 0.257 e. The van der Waals surface area contributed by atoms with Gasteiger partial charge in [0.2, 0.25) is 0 Å². The van der Waals surface area contributed by atoms with E-state index in [1.165, 1.54) is 17.0 Å². The summed E-state index contributed by atoms with van der Waals surface area (Å²) in [4.78, 5) is 13.7. The van der Waals surface area contributed by atoms with Crippen LogP contribution >= 0.6 is 0 Å². The van der Waals surface area contributed by atoms with Gasteiger partial charge in [0.15, 0.2) is 5.75 Å². The zero-order chi connectivity index (χ0) is 14.7. The highest BCUT2D eigenvalue weighted by Crippen LogP contribution is 2.25. The van der Waals surface area contributed by atoms with Crippen LogP contribution in [0.1, 0.15) is 15.9 Å². The molecule has 0 aliphatic rings. The van der Waals surface area contributed by atoms with Gasteiger partial charge in [-0.15, -0.1) is 0 Å². The zero-order valence-electron chi connectivity index (χ0n) is 11.1. The lowest BCUT2D eigenvalue weighted by atomic mass is 10.1. The minimum atomic E-state index is -0.317. The van der Waals surface area contributed by atoms with E-state index >= 15 is 0 Å². The fraction of sp³-hybridized carbons (Fsp3) is 0.133. The predicted octanol–water partition coefficient (Wildman–Crippen LogP) is 1.95. The maximum absolute atomic E-state index is 12.2. The summed E-state index contributed by atoms with van der Waals surface area (Å²) in [5.74, 6) is -0.339. The second-order valence-corrected chi connectivity index (χ2v) is 4.57. The summed E-state index contributed by atoms with van der Waals surface area (Å²) in [6.07, 6.45) is 0. The summed E-state index contributed by atoms with van der Waals surface area (Å²) in [6, 6.07) is 11.3. The summed E-state index contributed by atoms with van der Waals surface area (Å²) >= 11 is 0. The van der Waals surface area contributed by atoms with Gasteiger partial charge in [0.05, 0.1) is 11.3 Å². The molecule has 2 aromatic rings. The fourth-order valence-corrected chi connectivity index (χ4v) is 1.89. The van der Waals surface area contributed by atoms with Gasteiger partial charge in [-0.05, 0) is 29.8 Å². The van der Waals surface area contributed by atoms with Gasteiger partial charge in [0.1, 0.15) is 5.75 Å². The molecule has 5 heteroatoms. The number of phenolic OH excluding ortho intramolecular Hbond substituents is 2. The first-order valence-electron chi connectivity index (χ1n) is 6.10. The van der Waals surface area contributed by atoms with Crippen molar-refractivity contribution in [2.75, 3.05) is 12.8 Å². The van der Waals surface area contributed by atoms with Crippen molar-refractivity contribution in [2.45, 2.75) is 6.54 Å². The van der Waals surface area contributed by atoms with Gasteiger partial charge in [-0.3, -0.25) is 4.79 Å². The third-order valence-corrected chi connectivity index (χ3v) is 3.00. The number of aromatic hydroxyl groups is 2. The molecular formula is C15H16N2O3. The first kappa shape index (κ1) is 13.7. The maximum Gasteiger partial charge on any atom is 0.257 e. The summed E-state index contributed by atoms with van der Waals surface area (Å²) in [7, 11) is 1.64. The third-order valence-electron chi connectivity index (χ3n) is 3.00. The molecule has 0 aliphatic carbocycles. The van der Waals surface area contributed by atoms with E-state index in [-0.39, 0.29) is 28.7 Å². The monoisotopic (exact) mass is 272 g/mol. The Bertz CT molecular complexity index is 624. The highest BCUT2D eigenvalue weighted by atomic mass is 16.3. The Labute approximate surface area is 116 Å². The molecule has 0 radical (unpaired) electrons. The second-order valence-electron chi connectivity index (χ2n) is 4.57. The number of benzene rings is 2. The molecule has 2 aromatic carbocycles. The highest BCUT2D eigenvalue weighted by Gasteiger charge is 2.17. The molecule has 0 unspecified atom stereocenters. The predicted molar refractivity (Wildman–Crippen MR) is 76.4 cm³/mol. The molecular weight excluding hydrogens is 256 g/mol. The maximum atomic E-state index is 12.2. The number of amides is 1. The molecule has 1 amide bonds. The first-order chi connectivity index (χ1) is 9.49. The number of nitrogens with two attached hydrogens (primary N) is 1. The van der Waals surface area contributed by atoms with Crippen LogP contribution < -0.4 is 5.73 Å². The average Bonchev–Trinajstić information content (AvgIpc) is 2.43. The van der Waals surface area contributed by atoms with E-state index in [9.17, 15) is 15.0 Å². The van der Waals surface area contributed by atoms with Crippen molar-refractivity contribution in [1.82, 2.24) is 4.90 Å². The molecule has 0 saturated heterocycles. The number of rotatable bonds is 3. The molecule has 0 saturated carbocycles. The van der Waals surface area contributed by atoms with Crippen molar-refractivity contribution in [3.8, 4) is 11.5 Å². The molecule has 4 N–H and O–H groups in total. The van der Waals surface area contributed by atoms with Crippen LogP contribution in [0.3, 0.4) is 0 Å². The minimum absolute atomic E-state index is 0.172. The molecule has 20 heavy (non-hydrogen) atoms. The highest BCUT2D eigenvalue weighted by molar-refractivity contribution is 5.98. The van der Waals surface area contributed by atoms with Crippen molar-refractivity contribution in [1.29, 1.82) is 0 Å². The number of nitrogens with zero attached hydrogens (tertiary/aromatic N) is 1. The Kier molecular flexibility index (Phi) is 3.79. The Balaban J connectivity index is 2.16. The van der Waals surface area contributed by atoms with Gasteiger partial charge in [-0.25, -0.2) is 0 Å². The van der Waals surface area contributed by atoms with Gasteiger partial charge in [0.25, 0.3) is 5.91 Å². The van der Waals surface area contributed by atoms with Crippen molar-refractivity contribution >= 4 is 11.6 Å². The SMILES string of the molecule is CN(Cc1ccc(O)cc1)C(=O)c1cccc(N)c1O.